The minimum Gasteiger partial charge on any atom is -0.488 e. The maximum absolute atomic E-state index is 13.1. The van der Waals surface area contributed by atoms with E-state index in [1.54, 1.807) is 6.92 Å². The first-order valence-corrected chi connectivity index (χ1v) is 4.45. The topological polar surface area (TPSA) is 35.2 Å². The molecule has 0 amide bonds. The Balaban J connectivity index is 2.92. The maximum Gasteiger partial charge on any atom is 0.168 e. The molecule has 0 aromatic heterocycles. The van der Waals surface area contributed by atoms with Gasteiger partial charge in [-0.05, 0) is 13.3 Å². The minimum absolute atomic E-state index is 0.00162. The third-order valence-corrected chi connectivity index (χ3v) is 1.95. The average Bonchev–Trinajstić information content (AvgIpc) is 2.14. The number of anilines is 1. The highest BCUT2D eigenvalue weighted by Gasteiger charge is 2.10. The predicted octanol–water partition coefficient (Wildman–Crippen LogP) is 2.72. The van der Waals surface area contributed by atoms with E-state index in [-0.39, 0.29) is 17.5 Å². The largest absolute Gasteiger partial charge is 0.488 e. The number of hydrogen-bond acceptors (Lipinski definition) is 2. The molecule has 14 heavy (non-hydrogen) atoms. The molecule has 0 fully saturated rings. The van der Waals surface area contributed by atoms with Crippen molar-refractivity contribution < 1.29 is 13.5 Å². The molecule has 0 bridgehead atoms. The Kier molecular flexibility index (Phi) is 3.28. The normalized spacial score (nSPS) is 12.6. The Morgan fingerprint density at radius 1 is 1.36 bits per heavy atom. The summed E-state index contributed by atoms with van der Waals surface area (Å²) in [5, 5.41) is 0. The molecule has 1 atom stereocenters. The molecular formula is C10H13F2NO. The first-order valence-electron chi connectivity index (χ1n) is 4.45. The lowest BCUT2D eigenvalue weighted by Gasteiger charge is -2.13. The van der Waals surface area contributed by atoms with Gasteiger partial charge in [-0.2, -0.15) is 0 Å². The van der Waals surface area contributed by atoms with Crippen LogP contribution in [-0.2, 0) is 0 Å². The number of nitrogens with two attached hydrogens (primary N) is 1. The van der Waals surface area contributed by atoms with Crippen molar-refractivity contribution in [2.24, 2.45) is 0 Å². The molecule has 2 N–H and O–H groups in total. The fourth-order valence-electron chi connectivity index (χ4n) is 0.935. The fourth-order valence-corrected chi connectivity index (χ4v) is 0.935. The van der Waals surface area contributed by atoms with Gasteiger partial charge in [0, 0.05) is 12.1 Å². The summed E-state index contributed by atoms with van der Waals surface area (Å²) in [7, 11) is 0. The van der Waals surface area contributed by atoms with E-state index in [0.717, 1.165) is 18.6 Å². The van der Waals surface area contributed by atoms with Gasteiger partial charge in [0.2, 0.25) is 0 Å². The molecule has 1 aromatic rings. The Morgan fingerprint density at radius 2 is 2.00 bits per heavy atom. The molecule has 0 spiro atoms. The summed E-state index contributed by atoms with van der Waals surface area (Å²) in [5.41, 5.74) is 5.18. The van der Waals surface area contributed by atoms with Crippen LogP contribution in [0.5, 0.6) is 5.75 Å². The van der Waals surface area contributed by atoms with Crippen molar-refractivity contribution in [2.75, 3.05) is 5.73 Å². The summed E-state index contributed by atoms with van der Waals surface area (Å²) in [6, 6.07) is 1.89. The monoisotopic (exact) mass is 201 g/mol. The number of benzene rings is 1. The Hall–Kier alpha value is -1.32. The van der Waals surface area contributed by atoms with Gasteiger partial charge in [-0.1, -0.05) is 6.92 Å². The van der Waals surface area contributed by atoms with Crippen LogP contribution in [0.15, 0.2) is 12.1 Å². The highest BCUT2D eigenvalue weighted by Crippen LogP contribution is 2.24. The van der Waals surface area contributed by atoms with Gasteiger partial charge in [0.05, 0.1) is 11.8 Å². The molecule has 0 aliphatic rings. The van der Waals surface area contributed by atoms with Gasteiger partial charge in [-0.3, -0.25) is 0 Å². The highest BCUT2D eigenvalue weighted by molar-refractivity contribution is 5.46. The standard InChI is InChI=1S/C10H13F2NO/c1-3-6(2)14-10-5-9(13)7(11)4-8(10)12/h4-6H,3,13H2,1-2H3. The molecule has 0 heterocycles. The molecule has 0 aliphatic carbocycles. The van der Waals surface area contributed by atoms with Crippen molar-refractivity contribution >= 4 is 5.69 Å². The SMILES string of the molecule is CCC(C)Oc1cc(N)c(F)cc1F. The van der Waals surface area contributed by atoms with Gasteiger partial charge in [0.15, 0.2) is 11.6 Å². The minimum atomic E-state index is -0.765. The zero-order chi connectivity index (χ0) is 10.7. The molecule has 1 aromatic carbocycles. The molecule has 1 unspecified atom stereocenters. The lowest BCUT2D eigenvalue weighted by molar-refractivity contribution is 0.207. The molecule has 0 saturated carbocycles. The summed E-state index contributed by atoms with van der Waals surface area (Å²) in [6.45, 7) is 3.72. The van der Waals surface area contributed by atoms with Crippen LogP contribution >= 0.6 is 0 Å². The molecule has 4 heteroatoms. The predicted molar refractivity (Wildman–Crippen MR) is 51.2 cm³/mol. The quantitative estimate of drug-likeness (QED) is 0.763. The number of halogens is 2. The van der Waals surface area contributed by atoms with E-state index in [0.29, 0.717) is 0 Å². The van der Waals surface area contributed by atoms with Gasteiger partial charge in [0.25, 0.3) is 0 Å². The molecule has 2 nitrogen and oxygen atoms in total. The summed E-state index contributed by atoms with van der Waals surface area (Å²) < 4.78 is 31.1. The lowest BCUT2D eigenvalue weighted by atomic mass is 10.2. The van der Waals surface area contributed by atoms with Crippen molar-refractivity contribution in [3.63, 3.8) is 0 Å². The summed E-state index contributed by atoms with van der Waals surface area (Å²) in [6.07, 6.45) is 0.630. The number of hydrogen-bond donors (Lipinski definition) is 1. The van der Waals surface area contributed by atoms with Crippen LogP contribution in [0.25, 0.3) is 0 Å². The second-order valence-corrected chi connectivity index (χ2v) is 3.14. The Bertz CT molecular complexity index is 328. The third kappa shape index (κ3) is 2.34. The van der Waals surface area contributed by atoms with Gasteiger partial charge >= 0.3 is 0 Å². The van der Waals surface area contributed by atoms with Gasteiger partial charge in [0.1, 0.15) is 5.82 Å². The summed E-state index contributed by atoms with van der Waals surface area (Å²) in [4.78, 5) is 0. The van der Waals surface area contributed by atoms with E-state index in [2.05, 4.69) is 0 Å². The fraction of sp³-hybridized carbons (Fsp3) is 0.400. The molecule has 0 saturated heterocycles. The van der Waals surface area contributed by atoms with Crippen molar-refractivity contribution in [1.82, 2.24) is 0 Å². The van der Waals surface area contributed by atoms with E-state index in [4.69, 9.17) is 10.5 Å². The van der Waals surface area contributed by atoms with Crippen LogP contribution in [0.3, 0.4) is 0 Å². The average molecular weight is 201 g/mol. The highest BCUT2D eigenvalue weighted by atomic mass is 19.1. The molecular weight excluding hydrogens is 188 g/mol. The molecule has 78 valence electrons. The van der Waals surface area contributed by atoms with Crippen LogP contribution in [0.1, 0.15) is 20.3 Å². The van der Waals surface area contributed by atoms with Crippen LogP contribution in [0.4, 0.5) is 14.5 Å². The summed E-state index contributed by atoms with van der Waals surface area (Å²) in [5.74, 6) is -1.49. The van der Waals surface area contributed by atoms with Gasteiger partial charge in [-0.25, -0.2) is 8.78 Å². The molecule has 1 rings (SSSR count). The van der Waals surface area contributed by atoms with E-state index in [1.807, 2.05) is 6.92 Å². The number of nitrogen functional groups attached to an aromatic ring is 1. The second kappa shape index (κ2) is 4.26. The van der Waals surface area contributed by atoms with Gasteiger partial charge in [-0.15, -0.1) is 0 Å². The lowest BCUT2D eigenvalue weighted by Crippen LogP contribution is -2.11. The van der Waals surface area contributed by atoms with Crippen molar-refractivity contribution in [3.8, 4) is 5.75 Å². The smallest absolute Gasteiger partial charge is 0.168 e. The maximum atomic E-state index is 13.1. The first kappa shape index (κ1) is 10.8. The van der Waals surface area contributed by atoms with E-state index in [9.17, 15) is 8.78 Å². The third-order valence-electron chi connectivity index (χ3n) is 1.95. The number of rotatable bonds is 3. The Labute approximate surface area is 81.7 Å². The van der Waals surface area contributed by atoms with E-state index in [1.165, 1.54) is 0 Å². The van der Waals surface area contributed by atoms with Crippen LogP contribution in [0.2, 0.25) is 0 Å². The molecule has 0 radical (unpaired) electrons. The Morgan fingerprint density at radius 3 is 2.57 bits per heavy atom. The van der Waals surface area contributed by atoms with Crippen LogP contribution in [0, 0.1) is 11.6 Å². The number of ether oxygens (including phenoxy) is 1. The summed E-state index contributed by atoms with van der Waals surface area (Å²) >= 11 is 0. The van der Waals surface area contributed by atoms with Crippen molar-refractivity contribution in [3.05, 3.63) is 23.8 Å². The first-order chi connectivity index (χ1) is 6.54. The van der Waals surface area contributed by atoms with Crippen molar-refractivity contribution in [1.29, 1.82) is 0 Å². The van der Waals surface area contributed by atoms with Gasteiger partial charge < -0.3 is 10.5 Å². The van der Waals surface area contributed by atoms with Crippen LogP contribution in [-0.4, -0.2) is 6.10 Å². The van der Waals surface area contributed by atoms with Crippen LogP contribution < -0.4 is 10.5 Å². The zero-order valence-electron chi connectivity index (χ0n) is 8.18. The van der Waals surface area contributed by atoms with Crippen molar-refractivity contribution in [2.45, 2.75) is 26.4 Å². The molecule has 0 aliphatic heterocycles. The van der Waals surface area contributed by atoms with E-state index >= 15 is 0 Å². The van der Waals surface area contributed by atoms with E-state index < -0.39 is 11.6 Å². The second-order valence-electron chi connectivity index (χ2n) is 3.14. The zero-order valence-corrected chi connectivity index (χ0v) is 8.18.